The lowest BCUT2D eigenvalue weighted by Crippen LogP contribution is -2.10. The van der Waals surface area contributed by atoms with Gasteiger partial charge in [0.25, 0.3) is 0 Å². The topological polar surface area (TPSA) is 55.4 Å². The molecule has 0 spiro atoms. The molecule has 0 aliphatic carbocycles. The zero-order valence-electron chi connectivity index (χ0n) is 17.9. The summed E-state index contributed by atoms with van der Waals surface area (Å²) < 4.78 is 5.96. The summed E-state index contributed by atoms with van der Waals surface area (Å²) in [5, 5.41) is 3.90. The quantitative estimate of drug-likeness (QED) is 0.215. The van der Waals surface area contributed by atoms with E-state index in [2.05, 4.69) is 5.32 Å². The molecule has 0 saturated heterocycles. The molecule has 6 heteroatoms. The number of rotatable bonds is 7. The van der Waals surface area contributed by atoms with Crippen LogP contribution in [-0.4, -0.2) is 11.7 Å². The fraction of sp³-hybridized carbons (Fsp3) is 0. The molecule has 4 nitrogen and oxygen atoms in total. The van der Waals surface area contributed by atoms with Crippen molar-refractivity contribution in [3.8, 4) is 11.5 Å². The predicted molar refractivity (Wildman–Crippen MR) is 137 cm³/mol. The third-order valence-corrected chi connectivity index (χ3v) is 5.37. The van der Waals surface area contributed by atoms with Gasteiger partial charge in [0.15, 0.2) is 5.78 Å². The van der Waals surface area contributed by atoms with Crippen molar-refractivity contribution in [2.45, 2.75) is 0 Å². The first-order valence-electron chi connectivity index (χ1n) is 10.4. The van der Waals surface area contributed by atoms with Gasteiger partial charge in [-0.1, -0.05) is 53.5 Å². The van der Waals surface area contributed by atoms with E-state index in [1.807, 2.05) is 30.3 Å². The average molecular weight is 488 g/mol. The molecule has 168 valence electrons. The monoisotopic (exact) mass is 487 g/mol. The highest BCUT2D eigenvalue weighted by molar-refractivity contribution is 6.31. The zero-order valence-corrected chi connectivity index (χ0v) is 19.4. The summed E-state index contributed by atoms with van der Waals surface area (Å²) in [6.07, 6.45) is 3.15. The van der Waals surface area contributed by atoms with Gasteiger partial charge in [0, 0.05) is 27.4 Å². The lowest BCUT2D eigenvalue weighted by Gasteiger charge is -2.13. The second kappa shape index (κ2) is 10.8. The van der Waals surface area contributed by atoms with Crippen LogP contribution in [0.25, 0.3) is 6.08 Å². The Morgan fingerprint density at radius 3 is 2.09 bits per heavy atom. The molecular weight excluding hydrogens is 469 g/mol. The smallest absolute Gasteiger partial charge is 0.248 e. The van der Waals surface area contributed by atoms with E-state index < -0.39 is 0 Å². The van der Waals surface area contributed by atoms with Crippen LogP contribution in [0, 0.1) is 0 Å². The maximum absolute atomic E-state index is 13.3. The molecule has 0 aliphatic rings. The molecule has 0 saturated carbocycles. The highest BCUT2D eigenvalue weighted by atomic mass is 35.5. The molecule has 4 aromatic carbocycles. The van der Waals surface area contributed by atoms with E-state index in [9.17, 15) is 9.59 Å². The molecule has 0 unspecified atom stereocenters. The number of benzene rings is 4. The van der Waals surface area contributed by atoms with E-state index in [0.717, 1.165) is 5.56 Å². The zero-order chi connectivity index (χ0) is 23.9. The van der Waals surface area contributed by atoms with Crippen molar-refractivity contribution in [2.75, 3.05) is 5.32 Å². The van der Waals surface area contributed by atoms with Crippen LogP contribution >= 0.6 is 23.2 Å². The van der Waals surface area contributed by atoms with Crippen molar-refractivity contribution >= 4 is 46.7 Å². The molecule has 0 fully saturated rings. The van der Waals surface area contributed by atoms with Crippen LogP contribution in [0.2, 0.25) is 10.0 Å². The first kappa shape index (κ1) is 23.3. The third-order valence-electron chi connectivity index (χ3n) is 4.87. The lowest BCUT2D eigenvalue weighted by molar-refractivity contribution is -0.111. The Morgan fingerprint density at radius 1 is 0.765 bits per heavy atom. The minimum absolute atomic E-state index is 0.267. The number of amides is 1. The minimum atomic E-state index is -0.319. The van der Waals surface area contributed by atoms with Gasteiger partial charge < -0.3 is 10.1 Å². The lowest BCUT2D eigenvalue weighted by atomic mass is 10.0. The fourth-order valence-electron chi connectivity index (χ4n) is 3.18. The Morgan fingerprint density at radius 2 is 1.41 bits per heavy atom. The molecule has 0 aromatic heterocycles. The number of hydrogen-bond donors (Lipinski definition) is 1. The largest absolute Gasteiger partial charge is 0.457 e. The van der Waals surface area contributed by atoms with Crippen LogP contribution in [0.4, 0.5) is 5.69 Å². The summed E-state index contributed by atoms with van der Waals surface area (Å²) in [7, 11) is 0. The summed E-state index contributed by atoms with van der Waals surface area (Å²) >= 11 is 11.9. The van der Waals surface area contributed by atoms with Crippen LogP contribution in [0.1, 0.15) is 21.5 Å². The van der Waals surface area contributed by atoms with Crippen LogP contribution in [0.5, 0.6) is 11.5 Å². The molecule has 0 atom stereocenters. The van der Waals surface area contributed by atoms with Gasteiger partial charge in [-0.2, -0.15) is 0 Å². The summed E-state index contributed by atoms with van der Waals surface area (Å²) in [6.45, 7) is 0. The second-order valence-electron chi connectivity index (χ2n) is 7.34. The number of carbonyl (C=O) groups is 2. The van der Waals surface area contributed by atoms with Crippen molar-refractivity contribution in [3.05, 3.63) is 130 Å². The van der Waals surface area contributed by atoms with Gasteiger partial charge in [-0.3, -0.25) is 9.59 Å². The number of halogens is 2. The molecule has 0 radical (unpaired) electrons. The number of hydrogen-bond acceptors (Lipinski definition) is 3. The molecule has 0 aliphatic heterocycles. The van der Waals surface area contributed by atoms with Gasteiger partial charge >= 0.3 is 0 Å². The molecule has 0 bridgehead atoms. The number of ketones is 1. The van der Waals surface area contributed by atoms with Crippen LogP contribution in [0.15, 0.2) is 103 Å². The Balaban J connectivity index is 1.62. The first-order valence-corrected chi connectivity index (χ1v) is 11.2. The highest BCUT2D eigenvalue weighted by Crippen LogP contribution is 2.31. The summed E-state index contributed by atoms with van der Waals surface area (Å²) in [5.74, 6) is 0.286. The number of nitrogens with one attached hydrogen (secondary N) is 1. The van der Waals surface area contributed by atoms with Gasteiger partial charge in [-0.15, -0.1) is 0 Å². The maximum Gasteiger partial charge on any atom is 0.248 e. The average Bonchev–Trinajstić information content (AvgIpc) is 2.86. The minimum Gasteiger partial charge on any atom is -0.457 e. The SMILES string of the molecule is O=C(/C=C/c1ccccc1)Nc1ccc(Oc2ccc(Cl)cc2)c(C(=O)c2ccc(Cl)cc2)c1. The van der Waals surface area contributed by atoms with E-state index in [1.165, 1.54) is 6.08 Å². The van der Waals surface area contributed by atoms with Crippen molar-refractivity contribution < 1.29 is 14.3 Å². The number of ether oxygens (including phenoxy) is 1. The van der Waals surface area contributed by atoms with E-state index >= 15 is 0 Å². The van der Waals surface area contributed by atoms with Gasteiger partial charge in [0.2, 0.25) is 5.91 Å². The van der Waals surface area contributed by atoms with Gasteiger partial charge in [0.05, 0.1) is 5.56 Å². The van der Waals surface area contributed by atoms with Gasteiger partial charge in [0.1, 0.15) is 11.5 Å². The molecule has 4 rings (SSSR count). The van der Waals surface area contributed by atoms with Crippen molar-refractivity contribution in [1.82, 2.24) is 0 Å². The Kier molecular flexibility index (Phi) is 7.43. The summed E-state index contributed by atoms with van der Waals surface area (Å²) in [5.41, 5.74) is 2.10. The van der Waals surface area contributed by atoms with Crippen molar-refractivity contribution in [1.29, 1.82) is 0 Å². The highest BCUT2D eigenvalue weighted by Gasteiger charge is 2.17. The third kappa shape index (κ3) is 6.13. The molecule has 4 aromatic rings. The van der Waals surface area contributed by atoms with Gasteiger partial charge in [-0.25, -0.2) is 0 Å². The van der Waals surface area contributed by atoms with Crippen molar-refractivity contribution in [2.24, 2.45) is 0 Å². The maximum atomic E-state index is 13.3. The molecule has 0 heterocycles. The molecular formula is C28H19Cl2NO3. The van der Waals surface area contributed by atoms with Crippen molar-refractivity contribution in [3.63, 3.8) is 0 Å². The van der Waals surface area contributed by atoms with E-state index in [4.69, 9.17) is 27.9 Å². The Hall–Kier alpha value is -3.86. The Bertz CT molecular complexity index is 1330. The molecule has 34 heavy (non-hydrogen) atoms. The molecule has 1 N–H and O–H groups in total. The van der Waals surface area contributed by atoms with Crippen LogP contribution in [0.3, 0.4) is 0 Å². The standard InChI is InChI=1S/C28H19Cl2NO3/c29-21-9-7-20(8-10-21)28(33)25-18-23(31-27(32)17-6-19-4-2-1-3-5-19)13-16-26(25)34-24-14-11-22(30)12-15-24/h1-18H,(H,31,32)/b17-6+. The predicted octanol–water partition coefficient (Wildman–Crippen LogP) is 7.67. The van der Waals surface area contributed by atoms with Crippen LogP contribution in [-0.2, 0) is 4.79 Å². The van der Waals surface area contributed by atoms with E-state index in [0.29, 0.717) is 38.4 Å². The second-order valence-corrected chi connectivity index (χ2v) is 8.21. The summed E-state index contributed by atoms with van der Waals surface area (Å²) in [4.78, 5) is 25.7. The van der Waals surface area contributed by atoms with Crippen LogP contribution < -0.4 is 10.1 Å². The number of carbonyl (C=O) groups excluding carboxylic acids is 2. The van der Waals surface area contributed by atoms with E-state index in [-0.39, 0.29) is 11.7 Å². The van der Waals surface area contributed by atoms with E-state index in [1.54, 1.807) is 72.8 Å². The Labute approximate surface area is 207 Å². The fourth-order valence-corrected chi connectivity index (χ4v) is 3.43. The van der Waals surface area contributed by atoms with Gasteiger partial charge in [-0.05, 0) is 78.4 Å². The first-order chi connectivity index (χ1) is 16.5. The number of anilines is 1. The normalized spacial score (nSPS) is 10.8. The summed E-state index contributed by atoms with van der Waals surface area (Å²) in [6, 6.07) is 27.8. The molecule has 1 amide bonds.